The number of halogens is 5. The summed E-state index contributed by atoms with van der Waals surface area (Å²) in [6, 6.07) is 8.19. The maximum absolute atomic E-state index is 12.9. The predicted octanol–water partition coefficient (Wildman–Crippen LogP) is 6.26. The summed E-state index contributed by atoms with van der Waals surface area (Å²) in [6.45, 7) is 1.95. The Morgan fingerprint density at radius 1 is 1.17 bits per heavy atom. The number of hydrogen-bond donors (Lipinski definition) is 1. The monoisotopic (exact) mass is 413 g/mol. The Hall–Kier alpha value is -0.890. The van der Waals surface area contributed by atoms with E-state index in [1.54, 1.807) is 18.2 Å². The molecule has 0 aliphatic rings. The highest BCUT2D eigenvalue weighted by atomic mass is 35.5. The molecule has 0 aliphatic carbocycles. The fraction of sp³-hybridized carbons (Fsp3) is 0.200. The maximum Gasteiger partial charge on any atom is 0.417 e. The van der Waals surface area contributed by atoms with Gasteiger partial charge in [-0.15, -0.1) is 11.8 Å². The van der Waals surface area contributed by atoms with Gasteiger partial charge in [0.2, 0.25) is 0 Å². The van der Waals surface area contributed by atoms with E-state index < -0.39 is 27.7 Å². The molecule has 0 aromatic heterocycles. The lowest BCUT2D eigenvalue weighted by atomic mass is 10.2. The van der Waals surface area contributed by atoms with Crippen LogP contribution >= 0.6 is 35.0 Å². The van der Waals surface area contributed by atoms with Gasteiger partial charge in [-0.05, 0) is 42.2 Å². The van der Waals surface area contributed by atoms with Crippen LogP contribution in [0, 0.1) is 0 Å². The van der Waals surface area contributed by atoms with Crippen LogP contribution < -0.4 is 4.72 Å². The lowest BCUT2D eigenvalue weighted by Gasteiger charge is -2.13. The van der Waals surface area contributed by atoms with Gasteiger partial charge in [0.05, 0.1) is 21.2 Å². The topological polar surface area (TPSA) is 29.1 Å². The lowest BCUT2D eigenvalue weighted by molar-refractivity contribution is -0.137. The number of hydrogen-bond acceptors (Lipinski definition) is 2. The van der Waals surface area contributed by atoms with Crippen LogP contribution in [0.15, 0.2) is 46.2 Å². The van der Waals surface area contributed by atoms with E-state index in [9.17, 15) is 17.4 Å². The normalized spacial score (nSPS) is 12.9. The Morgan fingerprint density at radius 2 is 1.88 bits per heavy atom. The number of rotatable bonds is 5. The smallest absolute Gasteiger partial charge is 0.300 e. The van der Waals surface area contributed by atoms with E-state index in [1.165, 1.54) is 17.8 Å². The first-order valence-electron chi connectivity index (χ1n) is 6.70. The van der Waals surface area contributed by atoms with Gasteiger partial charge in [-0.1, -0.05) is 30.1 Å². The van der Waals surface area contributed by atoms with Crippen LogP contribution in [0.4, 0.5) is 18.9 Å². The van der Waals surface area contributed by atoms with E-state index in [0.717, 1.165) is 22.8 Å². The van der Waals surface area contributed by atoms with Gasteiger partial charge in [0, 0.05) is 9.92 Å². The molecule has 9 heteroatoms. The van der Waals surface area contributed by atoms with Crippen LogP contribution in [0.3, 0.4) is 0 Å². The molecule has 0 heterocycles. The molecule has 1 atom stereocenters. The molecule has 0 aliphatic heterocycles. The Balaban J connectivity index is 2.33. The summed E-state index contributed by atoms with van der Waals surface area (Å²) < 4.78 is 53.9. The van der Waals surface area contributed by atoms with Crippen molar-refractivity contribution in [3.05, 3.63) is 52.0 Å². The fourth-order valence-electron chi connectivity index (χ4n) is 1.86. The van der Waals surface area contributed by atoms with Crippen molar-refractivity contribution in [1.82, 2.24) is 0 Å². The molecule has 1 unspecified atom stereocenters. The van der Waals surface area contributed by atoms with Gasteiger partial charge in [-0.2, -0.15) is 13.2 Å². The zero-order chi connectivity index (χ0) is 17.9. The molecular formula is C15H12Cl2F3NOS2. The molecule has 0 saturated carbocycles. The van der Waals surface area contributed by atoms with E-state index >= 15 is 0 Å². The largest absolute Gasteiger partial charge is 0.417 e. The van der Waals surface area contributed by atoms with E-state index in [4.69, 9.17) is 23.2 Å². The molecule has 0 saturated heterocycles. The van der Waals surface area contributed by atoms with Crippen molar-refractivity contribution in [3.8, 4) is 0 Å². The van der Waals surface area contributed by atoms with Gasteiger partial charge >= 0.3 is 6.18 Å². The van der Waals surface area contributed by atoms with Crippen LogP contribution in [-0.4, -0.2) is 9.96 Å². The summed E-state index contributed by atoms with van der Waals surface area (Å²) in [5.41, 5.74) is -0.526. The Bertz CT molecular complexity index is 769. The molecule has 1 N–H and O–H groups in total. The minimum absolute atomic E-state index is 0.0286. The molecule has 2 nitrogen and oxygen atoms in total. The minimum Gasteiger partial charge on any atom is -0.300 e. The molecule has 0 spiro atoms. The van der Waals surface area contributed by atoms with Crippen molar-refractivity contribution in [2.45, 2.75) is 22.9 Å². The van der Waals surface area contributed by atoms with Gasteiger partial charge in [0.25, 0.3) is 0 Å². The second-order valence-corrected chi connectivity index (χ2v) is 7.95. The molecule has 2 aromatic carbocycles. The molecule has 0 radical (unpaired) electrons. The minimum atomic E-state index is -4.61. The third-order valence-electron chi connectivity index (χ3n) is 2.90. The summed E-state index contributed by atoms with van der Waals surface area (Å²) in [6.07, 6.45) is -4.61. The molecular weight excluding hydrogens is 402 g/mol. The SMILES string of the molecule is CCSc1ccc(Cl)cc1NS(=O)c1ccc(Cl)c(C(F)(F)F)c1. The van der Waals surface area contributed by atoms with Crippen molar-refractivity contribution in [3.63, 3.8) is 0 Å². The molecule has 0 bridgehead atoms. The second-order valence-electron chi connectivity index (χ2n) is 4.58. The molecule has 2 aromatic rings. The number of thioether (sulfide) groups is 1. The highest BCUT2D eigenvalue weighted by molar-refractivity contribution is 7.99. The first kappa shape index (κ1) is 19.4. The van der Waals surface area contributed by atoms with Crippen molar-refractivity contribution >= 4 is 51.6 Å². The quantitative estimate of drug-likeness (QED) is 0.586. The Labute approximate surface area is 154 Å². The standard InChI is InChI=1S/C15H12Cl2F3NOS2/c1-2-23-14-6-3-9(16)7-13(14)21-24(22)10-4-5-12(17)11(8-10)15(18,19)20/h3-8,21H,2H2,1H3. The number of anilines is 1. The van der Waals surface area contributed by atoms with E-state index in [1.807, 2.05) is 6.92 Å². The van der Waals surface area contributed by atoms with Crippen LogP contribution in [0.1, 0.15) is 12.5 Å². The zero-order valence-electron chi connectivity index (χ0n) is 12.3. The summed E-state index contributed by atoms with van der Waals surface area (Å²) >= 11 is 13.0. The molecule has 0 fully saturated rings. The van der Waals surface area contributed by atoms with Gasteiger partial charge in [-0.25, -0.2) is 4.21 Å². The lowest BCUT2D eigenvalue weighted by Crippen LogP contribution is -2.10. The van der Waals surface area contributed by atoms with E-state index in [2.05, 4.69) is 4.72 Å². The zero-order valence-corrected chi connectivity index (χ0v) is 15.4. The van der Waals surface area contributed by atoms with E-state index in [0.29, 0.717) is 10.7 Å². The second kappa shape index (κ2) is 7.99. The third kappa shape index (κ3) is 4.81. The van der Waals surface area contributed by atoms with Crippen molar-refractivity contribution < 1.29 is 17.4 Å². The van der Waals surface area contributed by atoms with Crippen molar-refractivity contribution in [2.24, 2.45) is 0 Å². The van der Waals surface area contributed by atoms with Gasteiger partial charge in [0.15, 0.2) is 0 Å². The third-order valence-corrected chi connectivity index (χ3v) is 5.51. The summed E-state index contributed by atoms with van der Waals surface area (Å²) in [4.78, 5) is 0.777. The number of nitrogens with one attached hydrogen (secondary N) is 1. The molecule has 2 rings (SSSR count). The summed E-state index contributed by atoms with van der Waals surface area (Å²) in [5.74, 6) is 0.780. The van der Waals surface area contributed by atoms with Crippen molar-refractivity contribution in [1.29, 1.82) is 0 Å². The summed E-state index contributed by atoms with van der Waals surface area (Å²) in [7, 11) is -1.89. The molecule has 130 valence electrons. The molecule has 24 heavy (non-hydrogen) atoms. The molecule has 0 amide bonds. The highest BCUT2D eigenvalue weighted by Gasteiger charge is 2.33. The van der Waals surface area contributed by atoms with Crippen LogP contribution in [-0.2, 0) is 17.2 Å². The van der Waals surface area contributed by atoms with Crippen LogP contribution in [0.25, 0.3) is 0 Å². The maximum atomic E-state index is 12.9. The van der Waals surface area contributed by atoms with Crippen molar-refractivity contribution in [2.75, 3.05) is 10.5 Å². The average Bonchev–Trinajstić information content (AvgIpc) is 2.49. The van der Waals surface area contributed by atoms with Gasteiger partial charge < -0.3 is 0 Å². The Morgan fingerprint density at radius 3 is 2.50 bits per heavy atom. The number of alkyl halides is 3. The highest BCUT2D eigenvalue weighted by Crippen LogP contribution is 2.36. The Kier molecular flexibility index (Phi) is 6.47. The first-order chi connectivity index (χ1) is 11.2. The summed E-state index contributed by atoms with van der Waals surface area (Å²) in [5, 5.41) is -0.00438. The predicted molar refractivity (Wildman–Crippen MR) is 94.3 cm³/mol. The number of benzene rings is 2. The van der Waals surface area contributed by atoms with E-state index in [-0.39, 0.29) is 4.90 Å². The fourth-order valence-corrected chi connectivity index (χ4v) is 3.96. The van der Waals surface area contributed by atoms with Gasteiger partial charge in [0.1, 0.15) is 11.0 Å². The van der Waals surface area contributed by atoms with Crippen LogP contribution in [0.2, 0.25) is 10.0 Å². The average molecular weight is 414 g/mol. The first-order valence-corrected chi connectivity index (χ1v) is 9.59. The van der Waals surface area contributed by atoms with Crippen LogP contribution in [0.5, 0.6) is 0 Å². The van der Waals surface area contributed by atoms with Gasteiger partial charge in [-0.3, -0.25) is 4.72 Å².